The zero-order valence-corrected chi connectivity index (χ0v) is 22.6. The molecular formula is C29H45N3O4. The molecule has 36 heavy (non-hydrogen) atoms. The van der Waals surface area contributed by atoms with E-state index in [1.54, 1.807) is 7.11 Å². The lowest BCUT2D eigenvalue weighted by atomic mass is 9.83. The monoisotopic (exact) mass is 499 g/mol. The van der Waals surface area contributed by atoms with Gasteiger partial charge in [-0.3, -0.25) is 0 Å². The second-order valence-electron chi connectivity index (χ2n) is 10.1. The Morgan fingerprint density at radius 3 is 2.50 bits per heavy atom. The Kier molecular flexibility index (Phi) is 11.1. The molecule has 0 radical (unpaired) electrons. The SMILES string of the molecule is CCCCC(/C=C(\CC)N1CCC(N[N+](=O)[O-])C1COC1CCC(c2ccccc2)CC1)=C(/C)OC. The van der Waals surface area contributed by atoms with Crippen molar-refractivity contribution >= 4 is 0 Å². The summed E-state index contributed by atoms with van der Waals surface area (Å²) in [6.07, 6.45) is 11.6. The molecule has 1 aromatic rings. The predicted octanol–water partition coefficient (Wildman–Crippen LogP) is 6.36. The Hall–Kier alpha value is -2.54. The van der Waals surface area contributed by atoms with Gasteiger partial charge in [0.1, 0.15) is 6.04 Å². The minimum Gasteiger partial charge on any atom is -0.501 e. The summed E-state index contributed by atoms with van der Waals surface area (Å²) >= 11 is 0. The number of hydrogen-bond donors (Lipinski definition) is 1. The summed E-state index contributed by atoms with van der Waals surface area (Å²) in [5.41, 5.74) is 6.41. The number of hydrogen-bond acceptors (Lipinski definition) is 5. The number of nitrogens with one attached hydrogen (secondary N) is 1. The number of allylic oxidation sites excluding steroid dienone is 4. The van der Waals surface area contributed by atoms with E-state index in [0.29, 0.717) is 12.5 Å². The van der Waals surface area contributed by atoms with Gasteiger partial charge in [0.15, 0.2) is 5.03 Å². The number of rotatable bonds is 13. The number of nitrogens with zero attached hydrogens (tertiary/aromatic N) is 2. The van der Waals surface area contributed by atoms with Crippen molar-refractivity contribution in [2.45, 2.75) is 103 Å². The largest absolute Gasteiger partial charge is 0.501 e. The average molecular weight is 500 g/mol. The van der Waals surface area contributed by atoms with Gasteiger partial charge in [0.2, 0.25) is 0 Å². The highest BCUT2D eigenvalue weighted by Crippen LogP contribution is 2.35. The maximum Gasteiger partial charge on any atom is 0.157 e. The molecule has 2 fully saturated rings. The average Bonchev–Trinajstić information content (AvgIpc) is 3.29. The lowest BCUT2D eigenvalue weighted by Gasteiger charge is -2.34. The van der Waals surface area contributed by atoms with Crippen LogP contribution in [0.2, 0.25) is 0 Å². The van der Waals surface area contributed by atoms with Crippen LogP contribution in [-0.2, 0) is 9.47 Å². The molecule has 1 aliphatic heterocycles. The lowest BCUT2D eigenvalue weighted by Crippen LogP contribution is -2.47. The van der Waals surface area contributed by atoms with Crippen molar-refractivity contribution in [1.82, 2.24) is 10.3 Å². The topological polar surface area (TPSA) is 76.9 Å². The Morgan fingerprint density at radius 1 is 1.17 bits per heavy atom. The van der Waals surface area contributed by atoms with E-state index in [1.807, 2.05) is 6.92 Å². The van der Waals surface area contributed by atoms with Gasteiger partial charge in [-0.2, -0.15) is 0 Å². The van der Waals surface area contributed by atoms with E-state index in [4.69, 9.17) is 9.47 Å². The number of hydrazine groups is 1. The lowest BCUT2D eigenvalue weighted by molar-refractivity contribution is -0.551. The van der Waals surface area contributed by atoms with E-state index in [9.17, 15) is 10.1 Å². The molecule has 1 heterocycles. The third kappa shape index (κ3) is 7.73. The number of unbranched alkanes of at least 4 members (excludes halogenated alkanes) is 1. The molecule has 1 saturated carbocycles. The molecule has 1 aliphatic carbocycles. The van der Waals surface area contributed by atoms with Crippen molar-refractivity contribution in [1.29, 1.82) is 0 Å². The quantitative estimate of drug-likeness (QED) is 0.147. The second-order valence-corrected chi connectivity index (χ2v) is 10.1. The molecule has 2 aliphatic rings. The second kappa shape index (κ2) is 14.3. The van der Waals surface area contributed by atoms with Crippen molar-refractivity contribution in [2.75, 3.05) is 20.3 Å². The first-order valence-electron chi connectivity index (χ1n) is 13.7. The fourth-order valence-electron chi connectivity index (χ4n) is 5.66. The van der Waals surface area contributed by atoms with Gasteiger partial charge in [0.05, 0.1) is 31.6 Å². The molecule has 2 atom stereocenters. The number of methoxy groups -OCH3 is 1. The molecule has 7 heteroatoms. The molecule has 3 rings (SSSR count). The molecule has 1 N–H and O–H groups in total. The van der Waals surface area contributed by atoms with Crippen LogP contribution in [0.25, 0.3) is 0 Å². The summed E-state index contributed by atoms with van der Waals surface area (Å²) in [6, 6.07) is 10.5. The number of benzene rings is 1. The molecule has 200 valence electrons. The van der Waals surface area contributed by atoms with Crippen molar-refractivity contribution in [2.24, 2.45) is 0 Å². The summed E-state index contributed by atoms with van der Waals surface area (Å²) < 4.78 is 12.0. The van der Waals surface area contributed by atoms with Crippen LogP contribution in [0, 0.1) is 10.1 Å². The van der Waals surface area contributed by atoms with Crippen LogP contribution in [0.4, 0.5) is 0 Å². The van der Waals surface area contributed by atoms with E-state index in [-0.39, 0.29) is 18.2 Å². The highest BCUT2D eigenvalue weighted by molar-refractivity contribution is 5.27. The number of nitro groups is 1. The number of ether oxygens (including phenoxy) is 2. The molecule has 1 aromatic carbocycles. The van der Waals surface area contributed by atoms with Gasteiger partial charge in [-0.1, -0.05) is 50.6 Å². The van der Waals surface area contributed by atoms with E-state index in [1.165, 1.54) is 16.8 Å². The Morgan fingerprint density at radius 2 is 1.89 bits per heavy atom. The summed E-state index contributed by atoms with van der Waals surface area (Å²) in [5.74, 6) is 1.54. The van der Waals surface area contributed by atoms with Gasteiger partial charge < -0.3 is 14.4 Å². The van der Waals surface area contributed by atoms with Crippen LogP contribution in [0.3, 0.4) is 0 Å². The van der Waals surface area contributed by atoms with E-state index in [2.05, 4.69) is 60.6 Å². The van der Waals surface area contributed by atoms with Crippen LogP contribution >= 0.6 is 0 Å². The Bertz CT molecular complexity index is 878. The highest BCUT2D eigenvalue weighted by Gasteiger charge is 2.38. The standard InChI is InChI=1S/C29H45N3O4/c1-5-7-11-25(22(3)35-4)20-26(6-2)31-19-18-28(30-32(33)34)29(31)21-36-27-16-14-24(15-17-27)23-12-9-8-10-13-23/h8-10,12-13,20,24,27-30H,5-7,11,14-19,21H2,1-4H3/b25-22+,26-20+. The predicted molar refractivity (Wildman–Crippen MR) is 144 cm³/mol. The molecule has 7 nitrogen and oxygen atoms in total. The molecule has 2 unspecified atom stereocenters. The third-order valence-electron chi connectivity index (χ3n) is 7.89. The third-order valence-corrected chi connectivity index (χ3v) is 7.89. The van der Waals surface area contributed by atoms with Crippen molar-refractivity contribution < 1.29 is 14.5 Å². The maximum atomic E-state index is 11.3. The molecule has 0 spiro atoms. The Balaban J connectivity index is 1.69. The van der Waals surface area contributed by atoms with Crippen LogP contribution in [0.5, 0.6) is 0 Å². The first-order valence-corrected chi connectivity index (χ1v) is 13.7. The van der Waals surface area contributed by atoms with Crippen LogP contribution in [0.15, 0.2) is 53.4 Å². The fourth-order valence-corrected chi connectivity index (χ4v) is 5.66. The zero-order chi connectivity index (χ0) is 25.9. The maximum absolute atomic E-state index is 11.3. The first kappa shape index (κ1) is 28.0. The first-order chi connectivity index (χ1) is 17.5. The van der Waals surface area contributed by atoms with Gasteiger partial charge in [0.25, 0.3) is 0 Å². The highest BCUT2D eigenvalue weighted by atomic mass is 16.7. The molecule has 0 aromatic heterocycles. The van der Waals surface area contributed by atoms with Gasteiger partial charge >= 0.3 is 0 Å². The molecule has 0 bridgehead atoms. The molecule has 1 saturated heterocycles. The van der Waals surface area contributed by atoms with Crippen molar-refractivity contribution in [3.63, 3.8) is 0 Å². The van der Waals surface area contributed by atoms with Crippen molar-refractivity contribution in [3.8, 4) is 0 Å². The van der Waals surface area contributed by atoms with Gasteiger partial charge in [-0.15, -0.1) is 5.43 Å². The molecular weight excluding hydrogens is 454 g/mol. The minimum absolute atomic E-state index is 0.0660. The summed E-state index contributed by atoms with van der Waals surface area (Å²) in [6.45, 7) is 7.65. The fraction of sp³-hybridized carbons (Fsp3) is 0.655. The van der Waals surface area contributed by atoms with Gasteiger partial charge in [0, 0.05) is 12.2 Å². The number of likely N-dealkylation sites (tertiary alicyclic amines) is 1. The van der Waals surface area contributed by atoms with Crippen LogP contribution in [-0.4, -0.2) is 48.4 Å². The van der Waals surface area contributed by atoms with Crippen molar-refractivity contribution in [3.05, 3.63) is 69.1 Å². The van der Waals surface area contributed by atoms with Gasteiger partial charge in [-0.05, 0) is 81.4 Å². The van der Waals surface area contributed by atoms with E-state index >= 15 is 0 Å². The van der Waals surface area contributed by atoms with Crippen LogP contribution < -0.4 is 5.43 Å². The smallest absolute Gasteiger partial charge is 0.157 e. The van der Waals surface area contributed by atoms with E-state index in [0.717, 1.165) is 70.1 Å². The summed E-state index contributed by atoms with van der Waals surface area (Å²) in [4.78, 5) is 13.7. The summed E-state index contributed by atoms with van der Waals surface area (Å²) in [5, 5.41) is 10.9. The van der Waals surface area contributed by atoms with Crippen LogP contribution in [0.1, 0.15) is 90.0 Å². The summed E-state index contributed by atoms with van der Waals surface area (Å²) in [7, 11) is 1.72. The molecule has 0 amide bonds. The zero-order valence-electron chi connectivity index (χ0n) is 22.6. The van der Waals surface area contributed by atoms with E-state index < -0.39 is 5.03 Å². The normalized spacial score (nSPS) is 25.4. The minimum atomic E-state index is -0.400. The van der Waals surface area contributed by atoms with Gasteiger partial charge in [-0.25, -0.2) is 10.1 Å². The Labute approximate surface area is 217 Å².